The molecule has 2 aliphatic heterocycles. The molecule has 4 rings (SSSR count). The molecule has 9 nitrogen and oxygen atoms in total. The molecule has 0 radical (unpaired) electrons. The predicted octanol–water partition coefficient (Wildman–Crippen LogP) is 2.65. The van der Waals surface area contributed by atoms with Crippen molar-refractivity contribution in [2.45, 2.75) is 120 Å². The van der Waals surface area contributed by atoms with E-state index in [2.05, 4.69) is 26.9 Å². The van der Waals surface area contributed by atoms with E-state index in [9.17, 15) is 9.59 Å². The van der Waals surface area contributed by atoms with Crippen LogP contribution in [0.4, 0.5) is 4.39 Å². The van der Waals surface area contributed by atoms with E-state index in [0.717, 1.165) is 88.9 Å². The van der Waals surface area contributed by atoms with Gasteiger partial charge in [-0.15, -0.1) is 0 Å². The lowest BCUT2D eigenvalue weighted by atomic mass is 9.83. The maximum atomic E-state index is 15.1. The number of hydrogen-bond donors (Lipinski definition) is 5. The van der Waals surface area contributed by atoms with Crippen molar-refractivity contribution < 1.29 is 14.0 Å². The van der Waals surface area contributed by atoms with Gasteiger partial charge in [0.1, 0.15) is 6.17 Å². The smallest absolute Gasteiger partial charge is 0.228 e. The second-order valence-electron chi connectivity index (χ2n) is 13.9. The minimum atomic E-state index is -0.958. The van der Waals surface area contributed by atoms with Gasteiger partial charge in [-0.25, -0.2) is 4.39 Å². The Morgan fingerprint density at radius 2 is 1.84 bits per heavy atom. The zero-order valence-corrected chi connectivity index (χ0v) is 26.9. The Labute approximate surface area is 259 Å². The summed E-state index contributed by atoms with van der Waals surface area (Å²) in [7, 11) is 3.64. The maximum absolute atomic E-state index is 15.1. The van der Waals surface area contributed by atoms with Crippen LogP contribution in [0.2, 0.25) is 0 Å². The number of piperidine rings is 2. The van der Waals surface area contributed by atoms with Crippen molar-refractivity contribution in [1.29, 1.82) is 0 Å². The van der Waals surface area contributed by atoms with Crippen molar-refractivity contribution in [1.82, 2.24) is 25.8 Å². The van der Waals surface area contributed by atoms with Crippen LogP contribution >= 0.6 is 0 Å². The zero-order valence-electron chi connectivity index (χ0n) is 26.9. The summed E-state index contributed by atoms with van der Waals surface area (Å²) in [6.07, 6.45) is 14.8. The zero-order chi connectivity index (χ0) is 30.8. The molecule has 7 N–H and O–H groups in total. The van der Waals surface area contributed by atoms with Crippen LogP contribution in [-0.2, 0) is 9.59 Å². The second-order valence-corrected chi connectivity index (χ2v) is 13.9. The SMILES string of the molecule is CN(C)C(=O)C1CCN(C2CCNCC2NC(=O)C(C(N)N)C(NCC(F)CCCC2CCCC2)C2=CCCCC2)CC1. The van der Waals surface area contributed by atoms with Crippen molar-refractivity contribution in [3.05, 3.63) is 11.6 Å². The van der Waals surface area contributed by atoms with Gasteiger partial charge in [0.05, 0.1) is 18.1 Å². The number of nitrogens with zero attached hydrogens (tertiary/aromatic N) is 2. The molecule has 5 unspecified atom stereocenters. The number of halogens is 1. The van der Waals surface area contributed by atoms with Crippen molar-refractivity contribution in [2.24, 2.45) is 29.2 Å². The Hall–Kier alpha value is -1.59. The molecule has 0 spiro atoms. The second kappa shape index (κ2) is 17.2. The number of nitrogens with two attached hydrogens (primary N) is 2. The average Bonchev–Trinajstić information content (AvgIpc) is 3.53. The molecule has 2 aliphatic carbocycles. The first-order valence-corrected chi connectivity index (χ1v) is 17.3. The number of carbonyl (C=O) groups is 2. The van der Waals surface area contributed by atoms with E-state index >= 15 is 4.39 Å². The highest BCUT2D eigenvalue weighted by molar-refractivity contribution is 5.81. The van der Waals surface area contributed by atoms with Gasteiger partial charge in [0.2, 0.25) is 11.8 Å². The maximum Gasteiger partial charge on any atom is 0.228 e. The third-order valence-electron chi connectivity index (χ3n) is 10.5. The number of allylic oxidation sites excluding steroid dienone is 1. The van der Waals surface area contributed by atoms with Crippen molar-refractivity contribution in [3.63, 3.8) is 0 Å². The summed E-state index contributed by atoms with van der Waals surface area (Å²) in [5.74, 6) is 0.189. The molecule has 1 saturated carbocycles. The van der Waals surface area contributed by atoms with Crippen LogP contribution in [0.15, 0.2) is 11.6 Å². The van der Waals surface area contributed by atoms with Crippen molar-refractivity contribution >= 4 is 11.8 Å². The molecule has 0 aromatic heterocycles. The van der Waals surface area contributed by atoms with E-state index in [1.54, 1.807) is 4.90 Å². The fourth-order valence-corrected chi connectivity index (χ4v) is 8.02. The van der Waals surface area contributed by atoms with Crippen LogP contribution in [0.3, 0.4) is 0 Å². The van der Waals surface area contributed by atoms with E-state index in [4.69, 9.17) is 11.5 Å². The Bertz CT molecular complexity index is 902. The molecule has 0 aromatic rings. The Balaban J connectivity index is 1.38. The Morgan fingerprint density at radius 1 is 1.09 bits per heavy atom. The number of amides is 2. The van der Waals surface area contributed by atoms with Crippen LogP contribution in [0.5, 0.6) is 0 Å². The van der Waals surface area contributed by atoms with Gasteiger partial charge < -0.3 is 32.3 Å². The lowest BCUT2D eigenvalue weighted by molar-refractivity contribution is -0.134. The summed E-state index contributed by atoms with van der Waals surface area (Å²) in [5, 5.41) is 10.2. The summed E-state index contributed by atoms with van der Waals surface area (Å²) in [5.41, 5.74) is 13.8. The molecule has 2 amide bonds. The monoisotopic (exact) mass is 605 g/mol. The van der Waals surface area contributed by atoms with Gasteiger partial charge >= 0.3 is 0 Å². The quantitative estimate of drug-likeness (QED) is 0.152. The summed E-state index contributed by atoms with van der Waals surface area (Å²) in [6.45, 7) is 3.46. The summed E-state index contributed by atoms with van der Waals surface area (Å²) < 4.78 is 15.1. The van der Waals surface area contributed by atoms with Gasteiger partial charge in [-0.2, -0.15) is 0 Å². The first-order valence-electron chi connectivity index (χ1n) is 17.3. The molecule has 2 saturated heterocycles. The Kier molecular flexibility index (Phi) is 13.7. The molecule has 246 valence electrons. The number of nitrogens with one attached hydrogen (secondary N) is 3. The number of carbonyl (C=O) groups excluding carboxylic acids is 2. The lowest BCUT2D eigenvalue weighted by Crippen LogP contribution is -2.64. The van der Waals surface area contributed by atoms with E-state index in [-0.39, 0.29) is 42.4 Å². The largest absolute Gasteiger partial charge is 0.350 e. The van der Waals surface area contributed by atoms with Gasteiger partial charge in [-0.3, -0.25) is 14.5 Å². The van der Waals surface area contributed by atoms with E-state index in [1.165, 1.54) is 25.7 Å². The summed E-state index contributed by atoms with van der Waals surface area (Å²) in [4.78, 5) is 30.7. The van der Waals surface area contributed by atoms with Crippen LogP contribution < -0.4 is 27.4 Å². The number of alkyl halides is 1. The van der Waals surface area contributed by atoms with Crippen molar-refractivity contribution in [2.75, 3.05) is 46.8 Å². The average molecular weight is 606 g/mol. The van der Waals surface area contributed by atoms with E-state index in [0.29, 0.717) is 13.0 Å². The molecule has 0 aromatic carbocycles. The Morgan fingerprint density at radius 3 is 2.49 bits per heavy atom. The van der Waals surface area contributed by atoms with Gasteiger partial charge in [0, 0.05) is 45.2 Å². The highest BCUT2D eigenvalue weighted by atomic mass is 19.1. The molecule has 0 bridgehead atoms. The standard InChI is InChI=1S/C33H60FN7O2/c1-40(2)33(43)25-16-19-41(20-17-25)28-15-18-37-22-27(28)39-32(42)29(31(35)36)30(24-12-4-3-5-13-24)38-21-26(34)14-8-11-23-9-6-7-10-23/h12,23,25-31,37-38H,3-11,13-22,35-36H2,1-2H3,(H,39,42). The molecular formula is C33H60FN7O2. The number of likely N-dealkylation sites (tertiary alicyclic amines) is 1. The van der Waals surface area contributed by atoms with Gasteiger partial charge in [-0.1, -0.05) is 50.2 Å². The van der Waals surface area contributed by atoms with Gasteiger partial charge in [-0.05, 0) is 76.9 Å². The van der Waals surface area contributed by atoms with Crippen LogP contribution in [0, 0.1) is 17.8 Å². The first kappa shape index (κ1) is 34.3. The summed E-state index contributed by atoms with van der Waals surface area (Å²) in [6, 6.07) is -0.282. The third-order valence-corrected chi connectivity index (χ3v) is 10.5. The highest BCUT2D eigenvalue weighted by Crippen LogP contribution is 2.30. The van der Waals surface area contributed by atoms with Crippen LogP contribution in [0.25, 0.3) is 0 Å². The van der Waals surface area contributed by atoms with Crippen molar-refractivity contribution in [3.8, 4) is 0 Å². The van der Waals surface area contributed by atoms with E-state index < -0.39 is 18.3 Å². The highest BCUT2D eigenvalue weighted by Gasteiger charge is 2.39. The molecule has 3 fully saturated rings. The summed E-state index contributed by atoms with van der Waals surface area (Å²) >= 11 is 0. The topological polar surface area (TPSA) is 129 Å². The number of hydrogen-bond acceptors (Lipinski definition) is 7. The van der Waals surface area contributed by atoms with Gasteiger partial charge in [0.15, 0.2) is 0 Å². The predicted molar refractivity (Wildman–Crippen MR) is 171 cm³/mol. The van der Waals surface area contributed by atoms with Crippen LogP contribution in [0.1, 0.15) is 89.9 Å². The minimum Gasteiger partial charge on any atom is -0.350 e. The normalized spacial score (nSPS) is 26.6. The minimum absolute atomic E-state index is 0.0678. The molecule has 5 atom stereocenters. The molecule has 10 heteroatoms. The lowest BCUT2D eigenvalue weighted by Gasteiger charge is -2.44. The fourth-order valence-electron chi connectivity index (χ4n) is 8.02. The first-order chi connectivity index (χ1) is 20.7. The molecule has 43 heavy (non-hydrogen) atoms. The molecular weight excluding hydrogens is 545 g/mol. The molecule has 2 heterocycles. The van der Waals surface area contributed by atoms with E-state index in [1.807, 2.05) is 14.1 Å². The fraction of sp³-hybridized carbons (Fsp3) is 0.879. The van der Waals surface area contributed by atoms with Gasteiger partial charge in [0.25, 0.3) is 0 Å². The van der Waals surface area contributed by atoms with Crippen LogP contribution in [-0.4, -0.2) is 98.9 Å². The number of rotatable bonds is 14. The molecule has 4 aliphatic rings. The third kappa shape index (κ3) is 9.95.